The third-order valence-electron chi connectivity index (χ3n) is 13.4. The van der Waals surface area contributed by atoms with Gasteiger partial charge in [-0.05, 0) is 79.6 Å². The molecule has 2 aliphatic heterocycles. The molecule has 0 amide bonds. The van der Waals surface area contributed by atoms with E-state index in [1.54, 1.807) is 0 Å². The Labute approximate surface area is 320 Å². The summed E-state index contributed by atoms with van der Waals surface area (Å²) in [5.41, 5.74) is 21.3. The Morgan fingerprint density at radius 3 is 1.47 bits per heavy atom. The average Bonchev–Trinajstić information content (AvgIpc) is 3.76. The number of hydrogen-bond donors (Lipinski definition) is 0. The van der Waals surface area contributed by atoms with Gasteiger partial charge in [0.2, 0.25) is 0 Å². The number of hydrogen-bond acceptors (Lipinski definition) is 0. The average molecular weight is 699 g/mol. The van der Waals surface area contributed by atoms with Gasteiger partial charge in [-0.2, -0.15) is 0 Å². The molecule has 256 valence electrons. The van der Waals surface area contributed by atoms with Gasteiger partial charge in [0, 0.05) is 55.3 Å². The number of fused-ring (bicyclic) bond motifs is 12. The van der Waals surface area contributed by atoms with Crippen molar-refractivity contribution in [2.24, 2.45) is 0 Å². The molecule has 0 radical (unpaired) electrons. The summed E-state index contributed by atoms with van der Waals surface area (Å²) < 4.78 is 5.14. The van der Waals surface area contributed by atoms with E-state index in [4.69, 9.17) is 0 Å². The maximum atomic E-state index is 2.57. The monoisotopic (exact) mass is 698 g/mol. The predicted octanol–water partition coefficient (Wildman–Crippen LogP) is 10.5. The van der Waals surface area contributed by atoms with Crippen LogP contribution in [0.1, 0.15) is 47.6 Å². The van der Waals surface area contributed by atoms with Crippen LogP contribution in [0.3, 0.4) is 0 Å². The highest BCUT2D eigenvalue weighted by Gasteiger charge is 2.41. The van der Waals surface area contributed by atoms with Crippen LogP contribution in [-0.2, 0) is 5.41 Å². The van der Waals surface area contributed by atoms with Crippen molar-refractivity contribution in [1.29, 1.82) is 0 Å². The molecule has 0 unspecified atom stereocenters. The fraction of sp³-hybridized carbons (Fsp3) is 0.0769. The molecule has 0 bridgehead atoms. The summed E-state index contributed by atoms with van der Waals surface area (Å²) in [4.78, 5) is 0. The third kappa shape index (κ3) is 3.66. The minimum atomic E-state index is -0.0502. The van der Waals surface area contributed by atoms with Gasteiger partial charge >= 0.3 is 0 Å². The van der Waals surface area contributed by atoms with E-state index >= 15 is 0 Å². The highest BCUT2D eigenvalue weighted by atomic mass is 15.0. The summed E-state index contributed by atoms with van der Waals surface area (Å²) in [6.07, 6.45) is 0. The molecule has 0 fully saturated rings. The van der Waals surface area contributed by atoms with E-state index in [1.807, 2.05) is 0 Å². The molecule has 2 nitrogen and oxygen atoms in total. The largest absolute Gasteiger partial charge is 0.310 e. The Balaban J connectivity index is 1.08. The van der Waals surface area contributed by atoms with E-state index < -0.39 is 0 Å². The predicted molar refractivity (Wildman–Crippen MR) is 231 cm³/mol. The zero-order chi connectivity index (χ0) is 36.2. The summed E-state index contributed by atoms with van der Waals surface area (Å²) >= 11 is 0. The van der Waals surface area contributed by atoms with Crippen LogP contribution < -0.4 is 16.4 Å². The summed E-state index contributed by atoms with van der Waals surface area (Å²) in [7, 11) is 0. The molecule has 0 spiro atoms. The number of rotatable bonds is 2. The van der Waals surface area contributed by atoms with Gasteiger partial charge in [-0.3, -0.25) is 0 Å². The zero-order valence-corrected chi connectivity index (χ0v) is 30.7. The zero-order valence-electron chi connectivity index (χ0n) is 30.7. The Morgan fingerprint density at radius 1 is 0.455 bits per heavy atom. The number of nitrogens with zero attached hydrogens (tertiary/aromatic N) is 2. The molecular weight excluding hydrogens is 663 g/mol. The second-order valence-electron chi connectivity index (χ2n) is 16.4. The molecule has 0 saturated heterocycles. The van der Waals surface area contributed by atoms with Crippen LogP contribution >= 0.6 is 0 Å². The van der Waals surface area contributed by atoms with E-state index in [1.165, 1.54) is 110 Å². The van der Waals surface area contributed by atoms with Crippen LogP contribution in [0.15, 0.2) is 170 Å². The molecule has 0 atom stereocenters. The van der Waals surface area contributed by atoms with Crippen molar-refractivity contribution in [1.82, 2.24) is 9.13 Å². The second kappa shape index (κ2) is 10.3. The molecule has 55 heavy (non-hydrogen) atoms. The van der Waals surface area contributed by atoms with Gasteiger partial charge in [-0.15, -0.1) is 0 Å². The maximum absolute atomic E-state index is 2.57. The first-order valence-corrected chi connectivity index (χ1v) is 19.6. The molecule has 13 rings (SSSR count). The Bertz CT molecular complexity index is 3110. The first-order chi connectivity index (χ1) is 27.1. The van der Waals surface area contributed by atoms with Gasteiger partial charge in [0.25, 0.3) is 6.71 Å². The standard InChI is InChI=1S/C52H35BN2/c1-52(2)40-19-7-3-15-38(40)48(39-16-4-8-20-41(39)52)32-27-25-31(26-28-32)33-29-46-49-47(30-33)55-45-24-10-6-14-35(45)37-18-12-22-43(51(37)55)53(49)42-21-11-17-36-34-13-5-9-23-44(34)54(46)50(36)42/h3-30,48H,1-2H3. The van der Waals surface area contributed by atoms with Crippen molar-refractivity contribution in [3.63, 3.8) is 0 Å². The minimum Gasteiger partial charge on any atom is -0.310 e. The maximum Gasteiger partial charge on any atom is 0.252 e. The van der Waals surface area contributed by atoms with Crippen molar-refractivity contribution in [2.75, 3.05) is 0 Å². The molecule has 0 N–H and O–H groups in total. The van der Waals surface area contributed by atoms with Gasteiger partial charge in [-0.25, -0.2) is 0 Å². The van der Waals surface area contributed by atoms with Gasteiger partial charge in [0.1, 0.15) is 0 Å². The lowest BCUT2D eigenvalue weighted by Crippen LogP contribution is -2.59. The van der Waals surface area contributed by atoms with Crippen LogP contribution in [0.25, 0.3) is 66.1 Å². The summed E-state index contributed by atoms with van der Waals surface area (Å²) in [6, 6.07) is 64.5. The number of para-hydroxylation sites is 4. The molecule has 1 aliphatic carbocycles. The lowest BCUT2D eigenvalue weighted by atomic mass is 9.34. The highest BCUT2D eigenvalue weighted by Crippen LogP contribution is 2.49. The van der Waals surface area contributed by atoms with Crippen molar-refractivity contribution in [2.45, 2.75) is 25.2 Å². The van der Waals surface area contributed by atoms with Crippen molar-refractivity contribution >= 4 is 66.7 Å². The lowest BCUT2D eigenvalue weighted by Gasteiger charge is -2.39. The van der Waals surface area contributed by atoms with Crippen LogP contribution in [-0.4, -0.2) is 15.8 Å². The SMILES string of the molecule is CC1(C)c2ccccc2C(c2ccc(-c3cc4c5c(c3)-n3c6ccccc6c6cccc(c63)B5c3cccc5c6ccccc6n-4c35)cc2)c2ccccc21. The molecule has 3 aliphatic rings. The molecule has 4 heterocycles. The molecule has 2 aromatic heterocycles. The molecule has 0 saturated carbocycles. The van der Waals surface area contributed by atoms with Crippen LogP contribution in [0.2, 0.25) is 0 Å². The first kappa shape index (κ1) is 29.8. The van der Waals surface area contributed by atoms with Gasteiger partial charge in [-0.1, -0.05) is 159 Å². The smallest absolute Gasteiger partial charge is 0.252 e. The summed E-state index contributed by atoms with van der Waals surface area (Å²) in [5, 5.41) is 5.26. The molecule has 8 aromatic carbocycles. The quantitative estimate of drug-likeness (QED) is 0.159. The minimum absolute atomic E-state index is 0.0502. The van der Waals surface area contributed by atoms with E-state index in [0.29, 0.717) is 0 Å². The summed E-state index contributed by atoms with van der Waals surface area (Å²) in [6.45, 7) is 4.88. The van der Waals surface area contributed by atoms with Crippen LogP contribution in [0, 0.1) is 0 Å². The van der Waals surface area contributed by atoms with Crippen molar-refractivity contribution in [3.05, 3.63) is 198 Å². The summed E-state index contributed by atoms with van der Waals surface area (Å²) in [5.74, 6) is 0.187. The van der Waals surface area contributed by atoms with E-state index in [9.17, 15) is 0 Å². The number of aromatic nitrogens is 2. The topological polar surface area (TPSA) is 9.86 Å². The molecule has 3 heteroatoms. The van der Waals surface area contributed by atoms with Gasteiger partial charge in [0.15, 0.2) is 0 Å². The van der Waals surface area contributed by atoms with Crippen LogP contribution in [0.4, 0.5) is 0 Å². The Kier molecular flexibility index (Phi) is 5.61. The third-order valence-corrected chi connectivity index (χ3v) is 13.4. The Hall–Kier alpha value is -6.58. The second-order valence-corrected chi connectivity index (χ2v) is 16.4. The number of benzene rings is 8. The molecule has 10 aromatic rings. The van der Waals surface area contributed by atoms with Gasteiger partial charge < -0.3 is 9.13 Å². The van der Waals surface area contributed by atoms with E-state index in [0.717, 1.165) is 0 Å². The Morgan fingerprint density at radius 2 is 0.927 bits per heavy atom. The lowest BCUT2D eigenvalue weighted by molar-refractivity contribution is 0.597. The highest BCUT2D eigenvalue weighted by molar-refractivity contribution is 7.00. The fourth-order valence-electron chi connectivity index (χ4n) is 11.2. The fourth-order valence-corrected chi connectivity index (χ4v) is 11.2. The first-order valence-electron chi connectivity index (χ1n) is 19.6. The van der Waals surface area contributed by atoms with E-state index in [-0.39, 0.29) is 18.0 Å². The van der Waals surface area contributed by atoms with Crippen LogP contribution in [0.5, 0.6) is 0 Å². The van der Waals surface area contributed by atoms with Gasteiger partial charge in [0.05, 0.1) is 11.0 Å². The molecular formula is C52H35BN2. The van der Waals surface area contributed by atoms with Crippen molar-refractivity contribution in [3.8, 4) is 22.5 Å². The van der Waals surface area contributed by atoms with Crippen molar-refractivity contribution < 1.29 is 0 Å². The normalized spacial score (nSPS) is 14.8. The van der Waals surface area contributed by atoms with E-state index in [2.05, 4.69) is 193 Å².